The number of aromatic amines is 1. The third-order valence-electron chi connectivity index (χ3n) is 3.34. The zero-order valence-corrected chi connectivity index (χ0v) is 14.5. The van der Waals surface area contributed by atoms with Crippen LogP contribution in [0.25, 0.3) is 0 Å². The monoisotopic (exact) mass is 386 g/mol. The number of nitrogen functional groups attached to an aromatic ring is 2. The Bertz CT molecular complexity index is 828. The van der Waals surface area contributed by atoms with Gasteiger partial charge >= 0.3 is 0 Å². The highest BCUT2D eigenvalue weighted by Crippen LogP contribution is 2.29. The third-order valence-corrected chi connectivity index (χ3v) is 3.85. The fourth-order valence-electron chi connectivity index (χ4n) is 2.11. The number of aliphatic hydroxyl groups excluding tert-OH is 3. The SMILES string of the molecule is Nc1ccn([C@@H]2O[C@H](CO)[C@@H](O)[C@H]2O)c(=S)n1.Nc1ccnc(=S)[nH]1. The molecule has 3 heterocycles. The van der Waals surface area contributed by atoms with Gasteiger partial charge in [0.2, 0.25) is 4.77 Å². The van der Waals surface area contributed by atoms with E-state index in [-0.39, 0.29) is 17.2 Å². The van der Waals surface area contributed by atoms with E-state index in [1.807, 2.05) is 0 Å². The van der Waals surface area contributed by atoms with Gasteiger partial charge in [-0.2, -0.15) is 0 Å². The molecule has 0 unspecified atom stereocenters. The van der Waals surface area contributed by atoms with Gasteiger partial charge in [-0.3, -0.25) is 4.57 Å². The van der Waals surface area contributed by atoms with Crippen LogP contribution < -0.4 is 11.5 Å². The molecule has 0 bridgehead atoms. The van der Waals surface area contributed by atoms with Gasteiger partial charge in [-0.25, -0.2) is 9.97 Å². The van der Waals surface area contributed by atoms with Crippen LogP contribution >= 0.6 is 24.4 Å². The summed E-state index contributed by atoms with van der Waals surface area (Å²) in [5, 5.41) is 28.4. The Morgan fingerprint density at radius 1 is 1.24 bits per heavy atom. The minimum atomic E-state index is -1.18. The van der Waals surface area contributed by atoms with Crippen molar-refractivity contribution in [2.75, 3.05) is 18.1 Å². The molecule has 1 fully saturated rings. The molecule has 0 saturated carbocycles. The number of nitrogens with one attached hydrogen (secondary N) is 1. The first kappa shape index (κ1) is 19.4. The van der Waals surface area contributed by atoms with Crippen LogP contribution in [0.15, 0.2) is 24.5 Å². The molecule has 12 heteroatoms. The van der Waals surface area contributed by atoms with Gasteiger partial charge in [0.25, 0.3) is 0 Å². The van der Waals surface area contributed by atoms with Crippen molar-refractivity contribution in [2.45, 2.75) is 24.5 Å². The summed E-state index contributed by atoms with van der Waals surface area (Å²) in [6, 6.07) is 3.15. The molecule has 1 aliphatic rings. The van der Waals surface area contributed by atoms with Crippen molar-refractivity contribution >= 4 is 36.1 Å². The summed E-state index contributed by atoms with van der Waals surface area (Å²) < 4.78 is 7.25. The predicted molar refractivity (Wildman–Crippen MR) is 94.3 cm³/mol. The Labute approximate surface area is 152 Å². The second-order valence-corrected chi connectivity index (χ2v) is 5.85. The number of rotatable bonds is 2. The molecule has 0 spiro atoms. The van der Waals surface area contributed by atoms with Crippen molar-refractivity contribution in [1.82, 2.24) is 19.5 Å². The van der Waals surface area contributed by atoms with Gasteiger partial charge in [0, 0.05) is 12.4 Å². The molecular weight excluding hydrogens is 368 g/mol. The van der Waals surface area contributed by atoms with Crippen LogP contribution in [0.3, 0.4) is 0 Å². The molecule has 0 aliphatic carbocycles. The van der Waals surface area contributed by atoms with Gasteiger partial charge in [-0.05, 0) is 36.6 Å². The van der Waals surface area contributed by atoms with E-state index in [4.69, 9.17) is 33.5 Å². The quantitative estimate of drug-likeness (QED) is 0.371. The lowest BCUT2D eigenvalue weighted by atomic mass is 10.1. The number of hydrogen-bond acceptors (Lipinski definition) is 10. The van der Waals surface area contributed by atoms with E-state index >= 15 is 0 Å². The fraction of sp³-hybridized carbons (Fsp3) is 0.385. The van der Waals surface area contributed by atoms with Crippen LogP contribution in [-0.4, -0.2) is 59.8 Å². The molecule has 25 heavy (non-hydrogen) atoms. The van der Waals surface area contributed by atoms with Gasteiger partial charge in [0.15, 0.2) is 11.0 Å². The standard InChI is InChI=1S/C9H13N3O4S.C4H5N3S/c10-5-1-2-12(9(17)11-5)8-7(15)6(14)4(3-13)16-8;5-3-1-2-6-4(8)7-3/h1-2,4,6-8,13-15H,3H2,(H2,10,11,17);1-2H,(H3,5,6,7,8)/t4-,6-,7-,8-;/m1./s1. The summed E-state index contributed by atoms with van der Waals surface area (Å²) in [5.41, 5.74) is 10.8. The average Bonchev–Trinajstić information content (AvgIpc) is 2.83. The molecule has 136 valence electrons. The molecule has 2 aromatic rings. The molecule has 1 saturated heterocycles. The third kappa shape index (κ3) is 4.78. The first-order valence-corrected chi connectivity index (χ1v) is 7.93. The summed E-state index contributed by atoms with van der Waals surface area (Å²) in [6.45, 7) is -0.384. The van der Waals surface area contributed by atoms with Crippen molar-refractivity contribution in [3.63, 3.8) is 0 Å². The molecule has 4 atom stereocenters. The van der Waals surface area contributed by atoms with Gasteiger partial charge in [-0.1, -0.05) is 0 Å². The predicted octanol–water partition coefficient (Wildman–Crippen LogP) is -0.472. The van der Waals surface area contributed by atoms with Gasteiger partial charge in [0.1, 0.15) is 29.9 Å². The number of nitrogens with two attached hydrogens (primary N) is 2. The van der Waals surface area contributed by atoms with Crippen molar-refractivity contribution in [2.24, 2.45) is 0 Å². The molecule has 3 rings (SSSR count). The van der Waals surface area contributed by atoms with Crippen LogP contribution in [0, 0.1) is 9.54 Å². The normalized spacial score (nSPS) is 25.2. The van der Waals surface area contributed by atoms with Crippen molar-refractivity contribution < 1.29 is 20.1 Å². The van der Waals surface area contributed by atoms with E-state index in [2.05, 4.69) is 27.2 Å². The summed E-state index contributed by atoms with van der Waals surface area (Å²) in [5.74, 6) is 0.808. The Kier molecular flexibility index (Phi) is 6.52. The van der Waals surface area contributed by atoms with Crippen LogP contribution in [-0.2, 0) is 4.74 Å². The summed E-state index contributed by atoms with van der Waals surface area (Å²) in [4.78, 5) is 10.2. The van der Waals surface area contributed by atoms with Gasteiger partial charge < -0.3 is 36.5 Å². The van der Waals surface area contributed by atoms with E-state index in [0.717, 1.165) is 0 Å². The largest absolute Gasteiger partial charge is 0.394 e. The van der Waals surface area contributed by atoms with E-state index in [1.54, 1.807) is 12.3 Å². The Hall–Kier alpha value is -1.96. The highest BCUT2D eigenvalue weighted by atomic mass is 32.1. The van der Waals surface area contributed by atoms with E-state index in [1.165, 1.54) is 16.8 Å². The Morgan fingerprint density at radius 2 is 1.96 bits per heavy atom. The Balaban J connectivity index is 0.000000236. The second kappa shape index (κ2) is 8.42. The zero-order valence-electron chi connectivity index (χ0n) is 12.9. The van der Waals surface area contributed by atoms with Crippen LogP contribution in [0.5, 0.6) is 0 Å². The van der Waals surface area contributed by atoms with Crippen LogP contribution in [0.2, 0.25) is 0 Å². The number of aromatic nitrogens is 4. The molecule has 10 nitrogen and oxygen atoms in total. The van der Waals surface area contributed by atoms with E-state index in [0.29, 0.717) is 10.6 Å². The summed E-state index contributed by atoms with van der Waals surface area (Å²) >= 11 is 9.63. The first-order chi connectivity index (χ1) is 11.8. The smallest absolute Gasteiger partial charge is 0.203 e. The van der Waals surface area contributed by atoms with Gasteiger partial charge in [0.05, 0.1) is 6.61 Å². The highest BCUT2D eigenvalue weighted by Gasteiger charge is 2.43. The summed E-state index contributed by atoms with van der Waals surface area (Å²) in [6.07, 6.45) is -0.968. The maximum absolute atomic E-state index is 9.79. The maximum Gasteiger partial charge on any atom is 0.203 e. The van der Waals surface area contributed by atoms with E-state index < -0.39 is 24.5 Å². The van der Waals surface area contributed by atoms with Crippen molar-refractivity contribution in [3.05, 3.63) is 34.1 Å². The van der Waals surface area contributed by atoms with Crippen molar-refractivity contribution in [1.29, 1.82) is 0 Å². The fourth-order valence-corrected chi connectivity index (χ4v) is 2.56. The molecule has 1 aliphatic heterocycles. The molecule has 2 aromatic heterocycles. The lowest BCUT2D eigenvalue weighted by Gasteiger charge is -2.18. The molecule has 0 amide bonds. The zero-order chi connectivity index (χ0) is 18.6. The van der Waals surface area contributed by atoms with Crippen LogP contribution in [0.1, 0.15) is 6.23 Å². The summed E-state index contributed by atoms with van der Waals surface area (Å²) in [7, 11) is 0. The molecule has 0 aromatic carbocycles. The van der Waals surface area contributed by atoms with Crippen molar-refractivity contribution in [3.8, 4) is 0 Å². The topological polar surface area (TPSA) is 168 Å². The second-order valence-electron chi connectivity index (χ2n) is 5.10. The number of H-pyrrole nitrogens is 1. The number of nitrogens with zero attached hydrogens (tertiary/aromatic N) is 3. The maximum atomic E-state index is 9.79. The Morgan fingerprint density at radius 3 is 2.44 bits per heavy atom. The average molecular weight is 386 g/mol. The lowest BCUT2D eigenvalue weighted by Crippen LogP contribution is -2.33. The highest BCUT2D eigenvalue weighted by molar-refractivity contribution is 7.71. The molecular formula is C13H18N6O4S2. The first-order valence-electron chi connectivity index (χ1n) is 7.11. The number of ether oxygens (including phenoxy) is 1. The molecule has 0 radical (unpaired) electrons. The van der Waals surface area contributed by atoms with Gasteiger partial charge in [-0.15, -0.1) is 0 Å². The van der Waals surface area contributed by atoms with E-state index in [9.17, 15) is 10.2 Å². The lowest BCUT2D eigenvalue weighted by molar-refractivity contribution is -0.0540. The minimum Gasteiger partial charge on any atom is -0.394 e. The number of anilines is 2. The minimum absolute atomic E-state index is 0.139. The number of hydrogen-bond donors (Lipinski definition) is 6. The van der Waals surface area contributed by atoms with Crippen LogP contribution in [0.4, 0.5) is 11.6 Å². The molecule has 8 N–H and O–H groups in total. The number of aliphatic hydroxyl groups is 3.